The average Bonchev–Trinajstić information content (AvgIpc) is 2.57. The van der Waals surface area contributed by atoms with Crippen molar-refractivity contribution in [1.82, 2.24) is 15.0 Å². The smallest absolute Gasteiger partial charge is 0.355 e. The molecule has 0 bridgehead atoms. The lowest BCUT2D eigenvalue weighted by molar-refractivity contribution is 0.236. The number of nitrogens with one attached hydrogen (secondary N) is 1. The van der Waals surface area contributed by atoms with Crippen molar-refractivity contribution in [3.63, 3.8) is 0 Å². The van der Waals surface area contributed by atoms with Crippen LogP contribution < -0.4 is 19.7 Å². The largest absolute Gasteiger partial charge is 0.467 e. The van der Waals surface area contributed by atoms with Crippen LogP contribution in [0.25, 0.3) is 0 Å². The highest BCUT2D eigenvalue weighted by atomic mass is 32.2. The van der Waals surface area contributed by atoms with E-state index in [4.69, 9.17) is 17.3 Å². The molecular weight excluding hydrogens is 357 g/mol. The monoisotopic (exact) mass is 370 g/mol. The number of rotatable bonds is 7. The van der Waals surface area contributed by atoms with Gasteiger partial charge in [0, 0.05) is 12.1 Å². The summed E-state index contributed by atoms with van der Waals surface area (Å²) in [5, 5.41) is 0. The van der Waals surface area contributed by atoms with Gasteiger partial charge in [0.1, 0.15) is 13.7 Å². The molecule has 2 rings (SSSR count). The summed E-state index contributed by atoms with van der Waals surface area (Å²) in [4.78, 5) is 11.8. The Labute approximate surface area is 144 Å². The van der Waals surface area contributed by atoms with Crippen LogP contribution in [0.1, 0.15) is 11.4 Å². The van der Waals surface area contributed by atoms with Gasteiger partial charge in [-0.25, -0.2) is 8.42 Å². The number of halogens is 2. The van der Waals surface area contributed by atoms with Gasteiger partial charge in [-0.15, -0.1) is 4.98 Å². The van der Waals surface area contributed by atoms with Gasteiger partial charge in [0.2, 0.25) is 0 Å². The molecule has 0 spiro atoms. The summed E-state index contributed by atoms with van der Waals surface area (Å²) in [6.45, 7) is 0. The van der Waals surface area contributed by atoms with Crippen LogP contribution in [0, 0.1) is 0 Å². The van der Waals surface area contributed by atoms with Gasteiger partial charge in [0.25, 0.3) is 10.0 Å². The van der Waals surface area contributed by atoms with E-state index >= 15 is 0 Å². The lowest BCUT2D eigenvalue weighted by Crippen LogP contribution is -2.25. The molecule has 0 saturated carbocycles. The number of ether oxygens (including phenoxy) is 2. The third-order valence-electron chi connectivity index (χ3n) is 3.02. The Morgan fingerprint density at radius 2 is 1.76 bits per heavy atom. The predicted octanol–water partition coefficient (Wildman–Crippen LogP) is 0.238. The minimum absolute atomic E-state index is 0.0135. The number of para-hydroxylation sites is 1. The SMILES string of the molecule is [B]c1cccc(Cc2nc(OC)nc(OC)n2)c1NS(=O)(=O)C(F)F. The molecule has 0 fully saturated rings. The number of anilines is 1. The van der Waals surface area contributed by atoms with Crippen molar-refractivity contribution in [2.75, 3.05) is 18.9 Å². The number of alkyl halides is 2. The van der Waals surface area contributed by atoms with E-state index in [2.05, 4.69) is 15.0 Å². The van der Waals surface area contributed by atoms with Gasteiger partial charge in [-0.05, 0) is 5.56 Å². The van der Waals surface area contributed by atoms with Gasteiger partial charge < -0.3 is 9.47 Å². The predicted molar refractivity (Wildman–Crippen MR) is 86.1 cm³/mol. The van der Waals surface area contributed by atoms with Crippen LogP contribution in [0.5, 0.6) is 12.0 Å². The van der Waals surface area contributed by atoms with E-state index in [1.807, 2.05) is 0 Å². The first-order chi connectivity index (χ1) is 11.8. The minimum Gasteiger partial charge on any atom is -0.467 e. The van der Waals surface area contributed by atoms with Crippen molar-refractivity contribution in [3.8, 4) is 12.0 Å². The number of methoxy groups -OCH3 is 2. The molecule has 0 aliphatic carbocycles. The van der Waals surface area contributed by atoms with Gasteiger partial charge in [-0.2, -0.15) is 18.7 Å². The Morgan fingerprint density at radius 3 is 2.28 bits per heavy atom. The molecule has 0 atom stereocenters. The molecule has 25 heavy (non-hydrogen) atoms. The number of aromatic nitrogens is 3. The second-order valence-electron chi connectivity index (χ2n) is 4.69. The van der Waals surface area contributed by atoms with Gasteiger partial charge in [-0.1, -0.05) is 23.7 Å². The second-order valence-corrected chi connectivity index (χ2v) is 6.34. The first kappa shape index (κ1) is 18.8. The molecule has 1 N–H and O–H groups in total. The fourth-order valence-corrected chi connectivity index (χ4v) is 2.51. The summed E-state index contributed by atoms with van der Waals surface area (Å²) >= 11 is 0. The molecule has 2 radical (unpaired) electrons. The fraction of sp³-hybridized carbons (Fsp3) is 0.308. The molecule has 0 unspecified atom stereocenters. The second kappa shape index (κ2) is 7.59. The highest BCUT2D eigenvalue weighted by Gasteiger charge is 2.25. The van der Waals surface area contributed by atoms with Crippen molar-refractivity contribution in [1.29, 1.82) is 0 Å². The molecule has 132 valence electrons. The zero-order valence-electron chi connectivity index (χ0n) is 13.2. The van der Waals surface area contributed by atoms with Crippen LogP contribution in [-0.4, -0.2) is 51.2 Å². The number of benzene rings is 1. The standard InChI is InChI=1S/C13H13BF2N4O4S/c1-23-12-17-9(18-13(19-12)24-2)6-7-4-3-5-8(14)10(7)20-25(21,22)11(15)16/h3-5,11,20H,6H2,1-2H3. The third-order valence-corrected chi connectivity index (χ3v) is 3.97. The summed E-state index contributed by atoms with van der Waals surface area (Å²) in [6.07, 6.45) is -0.0264. The summed E-state index contributed by atoms with van der Waals surface area (Å²) < 4.78 is 59.8. The lowest BCUT2D eigenvalue weighted by Gasteiger charge is -2.15. The molecule has 0 aliphatic rings. The average molecular weight is 370 g/mol. The maximum Gasteiger partial charge on any atom is 0.355 e. The van der Waals surface area contributed by atoms with E-state index in [1.54, 1.807) is 10.8 Å². The zero-order chi connectivity index (χ0) is 18.6. The van der Waals surface area contributed by atoms with Crippen LogP contribution in [0.4, 0.5) is 14.5 Å². The lowest BCUT2D eigenvalue weighted by atomic mass is 9.91. The van der Waals surface area contributed by atoms with Crippen molar-refractivity contribution in [3.05, 3.63) is 29.6 Å². The summed E-state index contributed by atoms with van der Waals surface area (Å²) in [5.41, 5.74) is 0.107. The Kier molecular flexibility index (Phi) is 5.72. The number of hydrogen-bond donors (Lipinski definition) is 1. The van der Waals surface area contributed by atoms with Crippen LogP contribution >= 0.6 is 0 Å². The van der Waals surface area contributed by atoms with E-state index in [9.17, 15) is 17.2 Å². The van der Waals surface area contributed by atoms with Crippen molar-refractivity contribution < 1.29 is 26.7 Å². The molecule has 1 heterocycles. The van der Waals surface area contributed by atoms with E-state index in [1.165, 1.54) is 26.4 Å². The van der Waals surface area contributed by atoms with E-state index < -0.39 is 15.8 Å². The van der Waals surface area contributed by atoms with Crippen molar-refractivity contribution in [2.45, 2.75) is 12.2 Å². The molecule has 0 saturated heterocycles. The summed E-state index contributed by atoms with van der Waals surface area (Å²) in [7, 11) is 3.54. The normalized spacial score (nSPS) is 11.4. The van der Waals surface area contributed by atoms with E-state index in [0.717, 1.165) is 0 Å². The van der Waals surface area contributed by atoms with Gasteiger partial charge in [0.05, 0.1) is 14.2 Å². The summed E-state index contributed by atoms with van der Waals surface area (Å²) in [6, 6.07) is 4.39. The van der Waals surface area contributed by atoms with E-state index in [-0.39, 0.29) is 35.4 Å². The maximum absolute atomic E-state index is 12.6. The zero-order valence-corrected chi connectivity index (χ0v) is 14.0. The van der Waals surface area contributed by atoms with Crippen LogP contribution in [0.3, 0.4) is 0 Å². The minimum atomic E-state index is -4.88. The van der Waals surface area contributed by atoms with Gasteiger partial charge >= 0.3 is 17.8 Å². The quantitative estimate of drug-likeness (QED) is 0.697. The Morgan fingerprint density at radius 1 is 1.16 bits per heavy atom. The Bertz CT molecular complexity index is 845. The number of nitrogens with zero attached hydrogens (tertiary/aromatic N) is 3. The first-order valence-electron chi connectivity index (χ1n) is 6.77. The molecule has 0 aliphatic heterocycles. The first-order valence-corrected chi connectivity index (χ1v) is 8.31. The third kappa shape index (κ3) is 4.53. The van der Waals surface area contributed by atoms with Gasteiger partial charge in [0.15, 0.2) is 0 Å². The summed E-state index contributed by atoms with van der Waals surface area (Å²) in [5.74, 6) is -3.43. The Balaban J connectivity index is 2.43. The number of sulfonamides is 1. The molecule has 12 heteroatoms. The molecule has 2 aromatic rings. The fourth-order valence-electron chi connectivity index (χ4n) is 1.89. The topological polar surface area (TPSA) is 103 Å². The van der Waals surface area contributed by atoms with Gasteiger partial charge in [-0.3, -0.25) is 4.72 Å². The van der Waals surface area contributed by atoms with E-state index in [0.29, 0.717) is 5.56 Å². The van der Waals surface area contributed by atoms with Crippen LogP contribution in [0.2, 0.25) is 0 Å². The Hall–Kier alpha value is -2.50. The highest BCUT2D eigenvalue weighted by Crippen LogP contribution is 2.20. The van der Waals surface area contributed by atoms with Crippen LogP contribution in [-0.2, 0) is 16.4 Å². The maximum atomic E-state index is 12.6. The van der Waals surface area contributed by atoms with Crippen molar-refractivity contribution in [2.24, 2.45) is 0 Å². The van der Waals surface area contributed by atoms with Crippen LogP contribution in [0.15, 0.2) is 18.2 Å². The molecule has 8 nitrogen and oxygen atoms in total. The van der Waals surface area contributed by atoms with Crippen molar-refractivity contribution >= 4 is 29.0 Å². The molecule has 1 aromatic heterocycles. The molecule has 0 amide bonds. The number of hydrogen-bond acceptors (Lipinski definition) is 7. The molecule has 1 aromatic carbocycles. The molecular formula is C13H13BF2N4O4S. The highest BCUT2D eigenvalue weighted by molar-refractivity contribution is 7.93.